The molecule has 1 heterocycles. The van der Waals surface area contributed by atoms with Gasteiger partial charge in [-0.3, -0.25) is 9.69 Å². The molecule has 0 bridgehead atoms. The fourth-order valence-corrected chi connectivity index (χ4v) is 4.26. The first-order chi connectivity index (χ1) is 15.5. The highest BCUT2D eigenvalue weighted by atomic mass is 19.1. The van der Waals surface area contributed by atoms with Crippen molar-refractivity contribution in [2.24, 2.45) is 5.18 Å². The summed E-state index contributed by atoms with van der Waals surface area (Å²) in [4.78, 5) is 28.5. The number of benzene rings is 3. The third kappa shape index (κ3) is 4.62. The number of ether oxygens (including phenoxy) is 1. The lowest BCUT2D eigenvalue weighted by atomic mass is 10.1. The number of carbonyl (C=O) groups excluding carboxylic acids is 1. The van der Waals surface area contributed by atoms with Crippen LogP contribution in [0.3, 0.4) is 0 Å². The molecule has 1 amide bonds. The van der Waals surface area contributed by atoms with Crippen LogP contribution in [0.25, 0.3) is 10.8 Å². The molecule has 32 heavy (non-hydrogen) atoms. The Balaban J connectivity index is 1.39. The van der Waals surface area contributed by atoms with Gasteiger partial charge in [0, 0.05) is 37.1 Å². The summed E-state index contributed by atoms with van der Waals surface area (Å²) >= 11 is 0. The molecule has 1 aliphatic heterocycles. The van der Waals surface area contributed by atoms with Crippen molar-refractivity contribution in [1.29, 1.82) is 0 Å². The quantitative estimate of drug-likeness (QED) is 0.518. The Bertz CT molecular complexity index is 1120. The van der Waals surface area contributed by atoms with Gasteiger partial charge < -0.3 is 9.64 Å². The number of nitroso groups, excluding NO2 is 1. The normalized spacial score (nSPS) is 19.2. The van der Waals surface area contributed by atoms with Crippen molar-refractivity contribution in [3.8, 4) is 5.75 Å². The van der Waals surface area contributed by atoms with Crippen LogP contribution in [0.1, 0.15) is 19.4 Å². The summed E-state index contributed by atoms with van der Waals surface area (Å²) in [7, 11) is 0. The molecule has 1 aliphatic rings. The monoisotopic (exact) mass is 435 g/mol. The molecular formula is C25H26FN3O3. The first-order valence-electron chi connectivity index (χ1n) is 10.7. The van der Waals surface area contributed by atoms with E-state index in [9.17, 15) is 14.1 Å². The molecule has 166 valence electrons. The number of halogens is 1. The molecule has 0 aliphatic carbocycles. The van der Waals surface area contributed by atoms with Crippen molar-refractivity contribution >= 4 is 22.4 Å². The van der Waals surface area contributed by atoms with Crippen LogP contribution in [0.5, 0.6) is 5.75 Å². The van der Waals surface area contributed by atoms with E-state index in [0.717, 1.165) is 10.9 Å². The number of amides is 1. The second-order valence-electron chi connectivity index (χ2n) is 8.31. The topological polar surface area (TPSA) is 62.2 Å². The molecule has 0 saturated carbocycles. The molecule has 1 saturated heterocycles. The van der Waals surface area contributed by atoms with Gasteiger partial charge in [0.2, 0.25) is 0 Å². The molecular weight excluding hydrogens is 409 g/mol. The van der Waals surface area contributed by atoms with Gasteiger partial charge in [-0.15, -0.1) is 4.91 Å². The molecule has 3 aromatic carbocycles. The molecule has 3 aromatic rings. The number of rotatable bonds is 6. The highest BCUT2D eigenvalue weighted by Crippen LogP contribution is 2.35. The standard InChI is InChI=1S/C25H26FN3O3/c1-17-14-29(18(2)13-28(17)15-19-7-10-21(26)11-8-19)24(30)16-32-23-12-9-20-5-3-4-6-22(20)25(23)27-31/h3-12,17-18H,13-16H2,1-2H3/t17-,18+/m1/s1. The van der Waals surface area contributed by atoms with E-state index in [4.69, 9.17) is 4.74 Å². The van der Waals surface area contributed by atoms with Crippen LogP contribution in [0.15, 0.2) is 65.8 Å². The minimum atomic E-state index is -0.245. The Morgan fingerprint density at radius 1 is 1.03 bits per heavy atom. The molecule has 0 aromatic heterocycles. The van der Waals surface area contributed by atoms with E-state index in [-0.39, 0.29) is 36.1 Å². The molecule has 2 atom stereocenters. The fraction of sp³-hybridized carbons (Fsp3) is 0.320. The Kier molecular flexibility index (Phi) is 6.46. The van der Waals surface area contributed by atoms with E-state index in [1.807, 2.05) is 42.2 Å². The Morgan fingerprint density at radius 3 is 2.53 bits per heavy atom. The maximum absolute atomic E-state index is 13.2. The van der Waals surface area contributed by atoms with E-state index in [1.54, 1.807) is 18.2 Å². The van der Waals surface area contributed by atoms with Crippen LogP contribution < -0.4 is 4.74 Å². The van der Waals surface area contributed by atoms with Gasteiger partial charge in [-0.25, -0.2) is 4.39 Å². The first-order valence-corrected chi connectivity index (χ1v) is 10.7. The van der Waals surface area contributed by atoms with Gasteiger partial charge in [0.1, 0.15) is 11.6 Å². The van der Waals surface area contributed by atoms with Crippen LogP contribution in [0.2, 0.25) is 0 Å². The Hall–Kier alpha value is -3.32. The van der Waals surface area contributed by atoms with Gasteiger partial charge in [-0.1, -0.05) is 42.5 Å². The second-order valence-corrected chi connectivity index (χ2v) is 8.31. The first kappa shape index (κ1) is 21.9. The number of nitrogens with zero attached hydrogens (tertiary/aromatic N) is 3. The van der Waals surface area contributed by atoms with Crippen molar-refractivity contribution in [3.63, 3.8) is 0 Å². The predicted octanol–water partition coefficient (Wildman–Crippen LogP) is 4.88. The molecule has 6 nitrogen and oxygen atoms in total. The summed E-state index contributed by atoms with van der Waals surface area (Å²) in [5.74, 6) is -0.0663. The number of hydrogen-bond acceptors (Lipinski definition) is 5. The molecule has 0 N–H and O–H groups in total. The third-order valence-electron chi connectivity index (χ3n) is 6.04. The summed E-state index contributed by atoms with van der Waals surface area (Å²) in [6, 6.07) is 17.6. The third-order valence-corrected chi connectivity index (χ3v) is 6.04. The average molecular weight is 435 g/mol. The van der Waals surface area contributed by atoms with Crippen molar-refractivity contribution in [1.82, 2.24) is 9.80 Å². The van der Waals surface area contributed by atoms with Gasteiger partial charge >= 0.3 is 0 Å². The predicted molar refractivity (Wildman–Crippen MR) is 122 cm³/mol. The number of piperazine rings is 1. The number of hydrogen-bond donors (Lipinski definition) is 0. The van der Waals surface area contributed by atoms with E-state index >= 15 is 0 Å². The minimum Gasteiger partial charge on any atom is -0.481 e. The van der Waals surface area contributed by atoms with E-state index in [2.05, 4.69) is 17.0 Å². The molecule has 1 fully saturated rings. The number of carbonyl (C=O) groups is 1. The Labute approximate surface area is 186 Å². The van der Waals surface area contributed by atoms with Crippen LogP contribution in [-0.4, -0.2) is 47.5 Å². The Morgan fingerprint density at radius 2 is 1.78 bits per heavy atom. The molecule has 0 unspecified atom stereocenters. The average Bonchev–Trinajstić information content (AvgIpc) is 2.80. The summed E-state index contributed by atoms with van der Waals surface area (Å²) in [6.45, 7) is 5.91. The highest BCUT2D eigenvalue weighted by molar-refractivity contribution is 5.95. The molecule has 0 radical (unpaired) electrons. The maximum Gasteiger partial charge on any atom is 0.260 e. The van der Waals surface area contributed by atoms with Gasteiger partial charge in [0.05, 0.1) is 0 Å². The van der Waals surface area contributed by atoms with Crippen molar-refractivity contribution in [2.75, 3.05) is 19.7 Å². The maximum atomic E-state index is 13.2. The van der Waals surface area contributed by atoms with Crippen LogP contribution in [-0.2, 0) is 11.3 Å². The van der Waals surface area contributed by atoms with E-state index in [0.29, 0.717) is 30.8 Å². The molecule has 0 spiro atoms. The summed E-state index contributed by atoms with van der Waals surface area (Å²) in [5, 5.41) is 4.73. The lowest BCUT2D eigenvalue weighted by molar-refractivity contribution is -0.139. The van der Waals surface area contributed by atoms with Crippen molar-refractivity contribution in [3.05, 3.63) is 77.0 Å². The molecule has 4 rings (SSSR count). The SMILES string of the molecule is C[C@@H]1CN(C(=O)COc2ccc3ccccc3c2N=O)[C@@H](C)CN1Cc1ccc(F)cc1. The smallest absolute Gasteiger partial charge is 0.260 e. The minimum absolute atomic E-state index is 0.00279. The fourth-order valence-electron chi connectivity index (χ4n) is 4.26. The summed E-state index contributed by atoms with van der Waals surface area (Å²) < 4.78 is 18.9. The van der Waals surface area contributed by atoms with Gasteiger partial charge in [-0.2, -0.15) is 0 Å². The van der Waals surface area contributed by atoms with E-state index in [1.165, 1.54) is 12.1 Å². The van der Waals surface area contributed by atoms with E-state index < -0.39 is 0 Å². The summed E-state index contributed by atoms with van der Waals surface area (Å²) in [6.07, 6.45) is 0. The van der Waals surface area contributed by atoms with Crippen LogP contribution in [0.4, 0.5) is 10.1 Å². The van der Waals surface area contributed by atoms with Crippen LogP contribution in [0, 0.1) is 10.7 Å². The zero-order valence-corrected chi connectivity index (χ0v) is 18.2. The van der Waals surface area contributed by atoms with Gasteiger partial charge in [-0.05, 0) is 48.2 Å². The lowest BCUT2D eigenvalue weighted by Crippen LogP contribution is -2.58. The molecule has 7 heteroatoms. The lowest BCUT2D eigenvalue weighted by Gasteiger charge is -2.44. The zero-order chi connectivity index (χ0) is 22.7. The van der Waals surface area contributed by atoms with Crippen molar-refractivity contribution in [2.45, 2.75) is 32.5 Å². The second kappa shape index (κ2) is 9.44. The van der Waals surface area contributed by atoms with Crippen LogP contribution >= 0.6 is 0 Å². The summed E-state index contributed by atoms with van der Waals surface area (Å²) in [5.41, 5.74) is 1.25. The van der Waals surface area contributed by atoms with Crippen molar-refractivity contribution < 1.29 is 13.9 Å². The zero-order valence-electron chi connectivity index (χ0n) is 18.2. The van der Waals surface area contributed by atoms with Gasteiger partial charge in [0.25, 0.3) is 5.91 Å². The largest absolute Gasteiger partial charge is 0.481 e. The number of fused-ring (bicyclic) bond motifs is 1. The van der Waals surface area contributed by atoms with Gasteiger partial charge in [0.15, 0.2) is 12.3 Å². The highest BCUT2D eigenvalue weighted by Gasteiger charge is 2.32.